The average molecular weight is 370 g/mol. The van der Waals surface area contributed by atoms with Crippen molar-refractivity contribution in [2.45, 2.75) is 13.8 Å². The number of hydrogen-bond acceptors (Lipinski definition) is 5. The first-order valence-electron chi connectivity index (χ1n) is 7.17. The number of hydrogen-bond donors (Lipinski definition) is 2. The van der Waals surface area contributed by atoms with E-state index in [0.29, 0.717) is 11.8 Å². The third-order valence-corrected chi connectivity index (χ3v) is 4.02. The van der Waals surface area contributed by atoms with Crippen molar-refractivity contribution in [1.29, 1.82) is 0 Å². The molecular weight excluding hydrogens is 354 g/mol. The molecule has 0 unspecified atom stereocenters. The Bertz CT molecular complexity index is 835. The van der Waals surface area contributed by atoms with Crippen molar-refractivity contribution in [3.8, 4) is 0 Å². The van der Waals surface area contributed by atoms with Crippen molar-refractivity contribution in [2.24, 2.45) is 0 Å². The van der Waals surface area contributed by atoms with Gasteiger partial charge in [0.15, 0.2) is 5.82 Å². The van der Waals surface area contributed by atoms with Gasteiger partial charge in [-0.3, -0.25) is 0 Å². The number of benzene rings is 2. The van der Waals surface area contributed by atoms with Gasteiger partial charge < -0.3 is 10.6 Å². The van der Waals surface area contributed by atoms with Crippen LogP contribution in [-0.2, 0) is 0 Å². The Kier molecular flexibility index (Phi) is 4.52. The van der Waals surface area contributed by atoms with E-state index < -0.39 is 0 Å². The van der Waals surface area contributed by atoms with E-state index in [1.165, 1.54) is 5.56 Å². The topological polar surface area (TPSA) is 62.7 Å². The van der Waals surface area contributed by atoms with E-state index in [9.17, 15) is 0 Å². The number of nitrogens with one attached hydrogen (secondary N) is 2. The molecule has 23 heavy (non-hydrogen) atoms. The van der Waals surface area contributed by atoms with Gasteiger partial charge in [0, 0.05) is 10.2 Å². The lowest BCUT2D eigenvalue weighted by Gasteiger charge is -2.11. The van der Waals surface area contributed by atoms with Crippen molar-refractivity contribution in [3.05, 3.63) is 64.3 Å². The molecule has 0 saturated carbocycles. The SMILES string of the molecule is Cc1ccc(Nc2cnnc(Nc3ccccc3Br)n2)c(C)c1. The lowest BCUT2D eigenvalue weighted by molar-refractivity contribution is 0.982. The highest BCUT2D eigenvalue weighted by Crippen LogP contribution is 2.24. The Balaban J connectivity index is 1.81. The molecule has 116 valence electrons. The molecule has 0 amide bonds. The Hall–Kier alpha value is -2.47. The molecule has 2 N–H and O–H groups in total. The van der Waals surface area contributed by atoms with Crippen LogP contribution in [0.25, 0.3) is 0 Å². The molecule has 1 heterocycles. The minimum atomic E-state index is 0.437. The summed E-state index contributed by atoms with van der Waals surface area (Å²) in [5.41, 5.74) is 4.27. The number of para-hydroxylation sites is 1. The number of nitrogens with zero attached hydrogens (tertiary/aromatic N) is 3. The van der Waals surface area contributed by atoms with E-state index in [1.807, 2.05) is 30.3 Å². The van der Waals surface area contributed by atoms with Gasteiger partial charge in [0.1, 0.15) is 0 Å². The average Bonchev–Trinajstić information content (AvgIpc) is 2.53. The minimum Gasteiger partial charge on any atom is -0.339 e. The maximum absolute atomic E-state index is 4.45. The lowest BCUT2D eigenvalue weighted by atomic mass is 10.1. The van der Waals surface area contributed by atoms with Crippen LogP contribution in [-0.4, -0.2) is 15.2 Å². The van der Waals surface area contributed by atoms with Crippen molar-refractivity contribution >= 4 is 39.1 Å². The van der Waals surface area contributed by atoms with E-state index in [2.05, 4.69) is 67.7 Å². The van der Waals surface area contributed by atoms with Crippen LogP contribution in [0.15, 0.2) is 53.1 Å². The zero-order valence-electron chi connectivity index (χ0n) is 12.8. The number of anilines is 4. The number of aromatic nitrogens is 3. The number of aryl methyl sites for hydroxylation is 2. The molecular formula is C17H16BrN5. The molecule has 0 saturated heterocycles. The highest BCUT2D eigenvalue weighted by molar-refractivity contribution is 9.10. The summed E-state index contributed by atoms with van der Waals surface area (Å²) in [5, 5.41) is 14.4. The van der Waals surface area contributed by atoms with E-state index in [0.717, 1.165) is 21.4 Å². The smallest absolute Gasteiger partial charge is 0.249 e. The molecule has 0 aliphatic rings. The first-order valence-corrected chi connectivity index (χ1v) is 7.97. The maximum Gasteiger partial charge on any atom is 0.249 e. The molecule has 0 aliphatic carbocycles. The van der Waals surface area contributed by atoms with Crippen LogP contribution < -0.4 is 10.6 Å². The van der Waals surface area contributed by atoms with E-state index >= 15 is 0 Å². The Morgan fingerprint density at radius 3 is 2.57 bits per heavy atom. The van der Waals surface area contributed by atoms with Gasteiger partial charge in [-0.25, -0.2) is 0 Å². The van der Waals surface area contributed by atoms with Crippen molar-refractivity contribution < 1.29 is 0 Å². The van der Waals surface area contributed by atoms with Gasteiger partial charge in [0.2, 0.25) is 5.95 Å². The Morgan fingerprint density at radius 1 is 0.957 bits per heavy atom. The van der Waals surface area contributed by atoms with Crippen LogP contribution in [0.2, 0.25) is 0 Å². The fourth-order valence-electron chi connectivity index (χ4n) is 2.19. The fraction of sp³-hybridized carbons (Fsp3) is 0.118. The maximum atomic E-state index is 4.45. The van der Waals surface area contributed by atoms with Crippen LogP contribution in [0.3, 0.4) is 0 Å². The third-order valence-electron chi connectivity index (χ3n) is 3.32. The molecule has 0 atom stereocenters. The Labute approximate surface area is 143 Å². The van der Waals surface area contributed by atoms with Crippen LogP contribution in [0, 0.1) is 13.8 Å². The van der Waals surface area contributed by atoms with Crippen LogP contribution >= 0.6 is 15.9 Å². The van der Waals surface area contributed by atoms with Gasteiger partial charge in [-0.2, -0.15) is 10.1 Å². The van der Waals surface area contributed by atoms with E-state index in [-0.39, 0.29) is 0 Å². The van der Waals surface area contributed by atoms with Crippen molar-refractivity contribution in [2.75, 3.05) is 10.6 Å². The van der Waals surface area contributed by atoms with Gasteiger partial charge in [-0.1, -0.05) is 29.8 Å². The van der Waals surface area contributed by atoms with Gasteiger partial charge >= 0.3 is 0 Å². The summed E-state index contributed by atoms with van der Waals surface area (Å²) < 4.78 is 0.941. The summed E-state index contributed by atoms with van der Waals surface area (Å²) in [6.07, 6.45) is 1.60. The molecule has 2 aromatic carbocycles. The zero-order chi connectivity index (χ0) is 16.2. The van der Waals surface area contributed by atoms with E-state index in [1.54, 1.807) is 6.20 Å². The van der Waals surface area contributed by atoms with Gasteiger partial charge in [0.25, 0.3) is 0 Å². The highest BCUT2D eigenvalue weighted by atomic mass is 79.9. The molecule has 3 aromatic rings. The molecule has 0 radical (unpaired) electrons. The second-order valence-corrected chi connectivity index (χ2v) is 6.07. The van der Waals surface area contributed by atoms with Gasteiger partial charge in [0.05, 0.1) is 11.9 Å². The fourth-order valence-corrected chi connectivity index (χ4v) is 2.58. The quantitative estimate of drug-likeness (QED) is 0.695. The lowest BCUT2D eigenvalue weighted by Crippen LogP contribution is -2.03. The molecule has 0 spiro atoms. The Morgan fingerprint density at radius 2 is 1.78 bits per heavy atom. The first kappa shape index (κ1) is 15.4. The highest BCUT2D eigenvalue weighted by Gasteiger charge is 2.05. The molecule has 5 nitrogen and oxygen atoms in total. The summed E-state index contributed by atoms with van der Waals surface area (Å²) in [7, 11) is 0. The first-order chi connectivity index (χ1) is 11.1. The molecule has 6 heteroatoms. The van der Waals surface area contributed by atoms with Crippen molar-refractivity contribution in [1.82, 2.24) is 15.2 Å². The zero-order valence-corrected chi connectivity index (χ0v) is 14.4. The van der Waals surface area contributed by atoms with Crippen LogP contribution in [0.1, 0.15) is 11.1 Å². The van der Waals surface area contributed by atoms with Crippen LogP contribution in [0.5, 0.6) is 0 Å². The number of halogens is 1. The van der Waals surface area contributed by atoms with Gasteiger partial charge in [-0.05, 0) is 53.5 Å². The second kappa shape index (κ2) is 6.75. The molecule has 1 aromatic heterocycles. The monoisotopic (exact) mass is 369 g/mol. The summed E-state index contributed by atoms with van der Waals surface area (Å²) in [5.74, 6) is 1.08. The normalized spacial score (nSPS) is 10.4. The molecule has 3 rings (SSSR count). The van der Waals surface area contributed by atoms with Gasteiger partial charge in [-0.15, -0.1) is 5.10 Å². The predicted octanol–water partition coefficient (Wildman–Crippen LogP) is 4.74. The molecule has 0 aliphatic heterocycles. The van der Waals surface area contributed by atoms with E-state index in [4.69, 9.17) is 0 Å². The largest absolute Gasteiger partial charge is 0.339 e. The summed E-state index contributed by atoms with van der Waals surface area (Å²) >= 11 is 3.49. The second-order valence-electron chi connectivity index (χ2n) is 5.21. The minimum absolute atomic E-state index is 0.437. The predicted molar refractivity (Wildman–Crippen MR) is 96.5 cm³/mol. The molecule has 0 fully saturated rings. The van der Waals surface area contributed by atoms with Crippen molar-refractivity contribution in [3.63, 3.8) is 0 Å². The number of rotatable bonds is 4. The summed E-state index contributed by atoms with van der Waals surface area (Å²) in [6, 6.07) is 14.0. The third kappa shape index (κ3) is 3.84. The van der Waals surface area contributed by atoms with Crippen LogP contribution in [0.4, 0.5) is 23.1 Å². The standard InChI is InChI=1S/C17H16BrN5/c1-11-7-8-14(12(2)9-11)20-16-10-19-23-17(22-16)21-15-6-4-3-5-13(15)18/h3-10H,1-2H3,(H2,20,21,22,23). The summed E-state index contributed by atoms with van der Waals surface area (Å²) in [4.78, 5) is 4.45. The summed E-state index contributed by atoms with van der Waals surface area (Å²) in [6.45, 7) is 4.13. The molecule has 0 bridgehead atoms.